The normalized spacial score (nSPS) is 13.4. The molecule has 0 spiro atoms. The first kappa shape index (κ1) is 26.2. The zero-order chi connectivity index (χ0) is 26.9. The molecule has 2 N–H and O–H groups in total. The van der Waals surface area contributed by atoms with E-state index >= 15 is 0 Å². The van der Waals surface area contributed by atoms with Crippen LogP contribution in [0.15, 0.2) is 76.3 Å². The van der Waals surface area contributed by atoms with E-state index < -0.39 is 46.0 Å². The van der Waals surface area contributed by atoms with E-state index in [2.05, 4.69) is 10.6 Å². The average molecular weight is 509 g/mol. The topological polar surface area (TPSA) is 67.4 Å². The first-order valence-electron chi connectivity index (χ1n) is 11.8. The van der Waals surface area contributed by atoms with Gasteiger partial charge in [0.05, 0.1) is 6.04 Å². The minimum absolute atomic E-state index is 0.0110. The highest BCUT2D eigenvalue weighted by atomic mass is 19.2. The van der Waals surface area contributed by atoms with Gasteiger partial charge in [0.15, 0.2) is 17.4 Å². The monoisotopic (exact) mass is 508 g/mol. The van der Waals surface area contributed by atoms with E-state index in [1.165, 1.54) is 18.2 Å². The highest BCUT2D eigenvalue weighted by molar-refractivity contribution is 5.70. The van der Waals surface area contributed by atoms with Gasteiger partial charge < -0.3 is 10.1 Å². The molecule has 0 saturated carbocycles. The average Bonchev–Trinajstić information content (AvgIpc) is 2.86. The molecule has 8 heteroatoms. The van der Waals surface area contributed by atoms with Crippen LogP contribution in [0.2, 0.25) is 0 Å². The standard InChI is InChI=1S/C29H27F3N2O3/c1-16(18-10-13-22(31)23(32)15-18)33-24(17-8-11-20(30)12-9-17)19-6-5-7-21(14-19)34-25-26(35)27(36)28(25)37-29(2,3)4/h5-16,24,33-34H,1-4H3. The fraction of sp³-hybridized carbons (Fsp3) is 0.241. The van der Waals surface area contributed by atoms with Crippen LogP contribution in [0.5, 0.6) is 5.75 Å². The van der Waals surface area contributed by atoms with E-state index in [1.54, 1.807) is 51.1 Å². The Hall–Kier alpha value is -3.91. The summed E-state index contributed by atoms with van der Waals surface area (Å²) in [5.74, 6) is -2.28. The Kier molecular flexibility index (Phi) is 7.23. The number of nitrogens with one attached hydrogen (secondary N) is 2. The van der Waals surface area contributed by atoms with Crippen molar-refractivity contribution in [2.45, 2.75) is 45.4 Å². The Balaban J connectivity index is 1.66. The maximum Gasteiger partial charge on any atom is 0.272 e. The van der Waals surface area contributed by atoms with Crippen molar-refractivity contribution < 1.29 is 17.9 Å². The van der Waals surface area contributed by atoms with Gasteiger partial charge in [-0.1, -0.05) is 30.3 Å². The quantitative estimate of drug-likeness (QED) is 0.283. The van der Waals surface area contributed by atoms with Crippen LogP contribution in [0.1, 0.15) is 56.5 Å². The molecule has 37 heavy (non-hydrogen) atoms. The summed E-state index contributed by atoms with van der Waals surface area (Å²) in [4.78, 5) is 24.3. The molecule has 0 amide bonds. The molecule has 0 aliphatic heterocycles. The van der Waals surface area contributed by atoms with Crippen molar-refractivity contribution in [3.63, 3.8) is 0 Å². The fourth-order valence-electron chi connectivity index (χ4n) is 4.00. The lowest BCUT2D eigenvalue weighted by molar-refractivity contribution is 0.128. The molecule has 0 bridgehead atoms. The molecule has 192 valence electrons. The Morgan fingerprint density at radius 2 is 1.46 bits per heavy atom. The van der Waals surface area contributed by atoms with E-state index in [0.717, 1.165) is 23.3 Å². The molecular weight excluding hydrogens is 481 g/mol. The molecule has 0 aromatic heterocycles. The van der Waals surface area contributed by atoms with Crippen molar-refractivity contribution >= 4 is 11.4 Å². The Bertz CT molecular complexity index is 1490. The summed E-state index contributed by atoms with van der Waals surface area (Å²) in [5, 5.41) is 6.39. The van der Waals surface area contributed by atoms with E-state index in [9.17, 15) is 22.8 Å². The second kappa shape index (κ2) is 10.2. The number of hydrogen-bond donors (Lipinski definition) is 2. The number of hydrogen-bond acceptors (Lipinski definition) is 5. The molecule has 2 atom stereocenters. The van der Waals surface area contributed by atoms with Gasteiger partial charge in [0.1, 0.15) is 17.1 Å². The third kappa shape index (κ3) is 5.91. The molecule has 4 rings (SSSR count). The predicted molar refractivity (Wildman–Crippen MR) is 138 cm³/mol. The third-order valence-electron chi connectivity index (χ3n) is 5.83. The Morgan fingerprint density at radius 1 is 0.784 bits per heavy atom. The van der Waals surface area contributed by atoms with Gasteiger partial charge in [0, 0.05) is 11.7 Å². The summed E-state index contributed by atoms with van der Waals surface area (Å²) in [6.07, 6.45) is 0. The Morgan fingerprint density at radius 3 is 2.11 bits per heavy atom. The molecule has 0 radical (unpaired) electrons. The smallest absolute Gasteiger partial charge is 0.272 e. The molecule has 0 heterocycles. The lowest BCUT2D eigenvalue weighted by Gasteiger charge is -2.26. The van der Waals surface area contributed by atoms with E-state index in [1.807, 2.05) is 13.0 Å². The molecular formula is C29H27F3N2O3. The van der Waals surface area contributed by atoms with Gasteiger partial charge >= 0.3 is 0 Å². The van der Waals surface area contributed by atoms with E-state index in [4.69, 9.17) is 4.74 Å². The van der Waals surface area contributed by atoms with Crippen molar-refractivity contribution in [1.82, 2.24) is 5.32 Å². The minimum Gasteiger partial charge on any atom is -0.482 e. The van der Waals surface area contributed by atoms with Crippen molar-refractivity contribution in [2.75, 3.05) is 5.32 Å². The van der Waals surface area contributed by atoms with Crippen molar-refractivity contribution in [2.24, 2.45) is 0 Å². The van der Waals surface area contributed by atoms with Gasteiger partial charge in [0.25, 0.3) is 10.9 Å². The van der Waals surface area contributed by atoms with Crippen LogP contribution in [0.3, 0.4) is 0 Å². The largest absolute Gasteiger partial charge is 0.482 e. The number of benzene rings is 3. The van der Waals surface area contributed by atoms with Crippen LogP contribution in [-0.4, -0.2) is 5.60 Å². The lowest BCUT2D eigenvalue weighted by Crippen LogP contribution is -2.39. The lowest BCUT2D eigenvalue weighted by atomic mass is 9.96. The molecule has 4 aromatic carbocycles. The van der Waals surface area contributed by atoms with Crippen LogP contribution in [0, 0.1) is 17.5 Å². The fourth-order valence-corrected chi connectivity index (χ4v) is 4.00. The van der Waals surface area contributed by atoms with Gasteiger partial charge in [-0.3, -0.25) is 14.9 Å². The highest BCUT2D eigenvalue weighted by Gasteiger charge is 2.27. The minimum atomic E-state index is -0.947. The first-order chi connectivity index (χ1) is 17.4. The molecule has 0 aliphatic carbocycles. The SMILES string of the molecule is CC(NC(c1ccc(F)cc1)c1cccc(Nc2c(OC(C)(C)C)c(=O)c2=O)c1)c1ccc(F)c(F)c1. The summed E-state index contributed by atoms with van der Waals surface area (Å²) in [6.45, 7) is 7.15. The molecule has 2 unspecified atom stereocenters. The van der Waals surface area contributed by atoms with Gasteiger partial charge in [-0.2, -0.15) is 0 Å². The number of ether oxygens (including phenoxy) is 1. The maximum absolute atomic E-state index is 13.9. The summed E-state index contributed by atoms with van der Waals surface area (Å²) < 4.78 is 46.6. The van der Waals surface area contributed by atoms with E-state index in [-0.39, 0.29) is 11.4 Å². The van der Waals surface area contributed by atoms with Crippen LogP contribution in [-0.2, 0) is 0 Å². The maximum atomic E-state index is 13.9. The number of rotatable bonds is 8. The Labute approximate surface area is 212 Å². The predicted octanol–water partition coefficient (Wildman–Crippen LogP) is 6.06. The number of halogens is 3. The zero-order valence-corrected chi connectivity index (χ0v) is 20.9. The van der Waals surface area contributed by atoms with Crippen molar-refractivity contribution in [3.05, 3.63) is 121 Å². The van der Waals surface area contributed by atoms with Gasteiger partial charge in [-0.25, -0.2) is 13.2 Å². The van der Waals surface area contributed by atoms with Crippen molar-refractivity contribution in [1.29, 1.82) is 0 Å². The molecule has 0 saturated heterocycles. The second-order valence-corrected chi connectivity index (χ2v) is 9.87. The molecule has 0 aliphatic rings. The number of anilines is 2. The summed E-state index contributed by atoms with van der Waals surface area (Å²) >= 11 is 0. The summed E-state index contributed by atoms with van der Waals surface area (Å²) in [6, 6.07) is 15.9. The van der Waals surface area contributed by atoms with E-state index in [0.29, 0.717) is 11.3 Å². The van der Waals surface area contributed by atoms with Gasteiger partial charge in [-0.05, 0) is 80.8 Å². The molecule has 4 aromatic rings. The molecule has 5 nitrogen and oxygen atoms in total. The first-order valence-corrected chi connectivity index (χ1v) is 11.8. The zero-order valence-electron chi connectivity index (χ0n) is 20.9. The summed E-state index contributed by atoms with van der Waals surface area (Å²) in [7, 11) is 0. The van der Waals surface area contributed by atoms with Crippen LogP contribution < -0.4 is 26.2 Å². The van der Waals surface area contributed by atoms with Crippen LogP contribution in [0.4, 0.5) is 24.5 Å². The highest BCUT2D eigenvalue weighted by Crippen LogP contribution is 2.31. The second-order valence-electron chi connectivity index (χ2n) is 9.87. The van der Waals surface area contributed by atoms with Crippen LogP contribution in [0.25, 0.3) is 0 Å². The third-order valence-corrected chi connectivity index (χ3v) is 5.83. The van der Waals surface area contributed by atoms with Gasteiger partial charge in [0.2, 0.25) is 0 Å². The summed E-state index contributed by atoms with van der Waals surface area (Å²) in [5.41, 5.74) is 0.643. The molecule has 0 fully saturated rings. The van der Waals surface area contributed by atoms with Crippen LogP contribution >= 0.6 is 0 Å². The van der Waals surface area contributed by atoms with Gasteiger partial charge in [-0.15, -0.1) is 0 Å². The van der Waals surface area contributed by atoms with Crippen molar-refractivity contribution in [3.8, 4) is 5.75 Å².